The molecule has 0 N–H and O–H groups in total. The van der Waals surface area contributed by atoms with Crippen LogP contribution in [0.15, 0.2) is 103 Å². The summed E-state index contributed by atoms with van der Waals surface area (Å²) in [5, 5.41) is 0. The molecule has 4 rings (SSSR count). The Hall–Kier alpha value is -4.12. The van der Waals surface area contributed by atoms with Crippen molar-refractivity contribution in [3.63, 3.8) is 0 Å². The van der Waals surface area contributed by atoms with Crippen LogP contribution in [0.2, 0.25) is 0 Å². The van der Waals surface area contributed by atoms with E-state index >= 15 is 0 Å². The molecule has 0 radical (unpaired) electrons. The van der Waals surface area contributed by atoms with Crippen molar-refractivity contribution in [1.82, 2.24) is 14.4 Å². The summed E-state index contributed by atoms with van der Waals surface area (Å²) in [7, 11) is 1.98. The second kappa shape index (κ2) is 11.5. The van der Waals surface area contributed by atoms with Crippen LogP contribution in [0.5, 0.6) is 0 Å². The first-order valence-corrected chi connectivity index (χ1v) is 12.3. The molecule has 2 amide bonds. The third kappa shape index (κ3) is 6.11. The van der Waals surface area contributed by atoms with E-state index in [0.29, 0.717) is 18.7 Å². The van der Waals surface area contributed by atoms with Crippen molar-refractivity contribution in [3.05, 3.63) is 120 Å². The lowest BCUT2D eigenvalue weighted by Gasteiger charge is -2.30. The van der Waals surface area contributed by atoms with Gasteiger partial charge in [0.05, 0.1) is 6.54 Å². The molecule has 0 saturated carbocycles. The van der Waals surface area contributed by atoms with Gasteiger partial charge in [0, 0.05) is 37.1 Å². The number of aromatic nitrogens is 1. The van der Waals surface area contributed by atoms with Gasteiger partial charge in [-0.05, 0) is 54.8 Å². The van der Waals surface area contributed by atoms with Crippen LogP contribution in [0.1, 0.15) is 35.5 Å². The number of benzene rings is 3. The number of amides is 2. The number of hydrogen-bond acceptors (Lipinski definition) is 2. The molecule has 0 atom stereocenters. The molecule has 0 unspecified atom stereocenters. The Kier molecular flexibility index (Phi) is 8.01. The second-order valence-electron chi connectivity index (χ2n) is 9.32. The maximum Gasteiger partial charge on any atom is 0.254 e. The quantitative estimate of drug-likeness (QED) is 0.306. The lowest BCUT2D eigenvalue weighted by molar-refractivity contribution is -0.133. The van der Waals surface area contributed by atoms with Gasteiger partial charge >= 0.3 is 0 Å². The highest BCUT2D eigenvalue weighted by molar-refractivity contribution is 5.97. The van der Waals surface area contributed by atoms with Crippen molar-refractivity contribution in [1.29, 1.82) is 0 Å². The molecule has 36 heavy (non-hydrogen) atoms. The fourth-order valence-corrected chi connectivity index (χ4v) is 4.23. The van der Waals surface area contributed by atoms with Crippen molar-refractivity contribution < 1.29 is 9.59 Å². The van der Waals surface area contributed by atoms with Crippen molar-refractivity contribution in [2.45, 2.75) is 33.0 Å². The van der Waals surface area contributed by atoms with Crippen molar-refractivity contribution in [2.75, 3.05) is 6.54 Å². The van der Waals surface area contributed by atoms with Crippen LogP contribution in [-0.4, -0.2) is 38.8 Å². The van der Waals surface area contributed by atoms with E-state index in [9.17, 15) is 9.59 Å². The van der Waals surface area contributed by atoms with E-state index in [-0.39, 0.29) is 24.4 Å². The molecule has 0 aliphatic carbocycles. The Balaban J connectivity index is 1.52. The number of aryl methyl sites for hydroxylation is 1. The number of carbonyl (C=O) groups is 2. The summed E-state index contributed by atoms with van der Waals surface area (Å²) in [5.41, 5.74) is 4.82. The maximum absolute atomic E-state index is 13.6. The second-order valence-corrected chi connectivity index (χ2v) is 9.32. The van der Waals surface area contributed by atoms with E-state index in [4.69, 9.17) is 0 Å². The molecular weight excluding hydrogens is 446 g/mol. The van der Waals surface area contributed by atoms with Crippen molar-refractivity contribution in [3.8, 4) is 11.1 Å². The fraction of sp³-hybridized carbons (Fsp3) is 0.226. The van der Waals surface area contributed by atoms with Gasteiger partial charge in [0.2, 0.25) is 5.91 Å². The lowest BCUT2D eigenvalue weighted by Crippen LogP contribution is -2.45. The molecule has 1 aromatic heterocycles. The zero-order valence-corrected chi connectivity index (χ0v) is 21.2. The van der Waals surface area contributed by atoms with Gasteiger partial charge in [-0.2, -0.15) is 0 Å². The number of nitrogens with zero attached hydrogens (tertiary/aromatic N) is 3. The standard InChI is InChI=1S/C31H33N3O2/c1-24(2)34(31(36)28-18-16-27(17-19-28)26-13-8-5-9-14-26)23-30(35)33(21-25-11-6-4-7-12-25)22-29-15-10-20-32(29)3/h4-20,24H,21-23H2,1-3H3. The number of rotatable bonds is 9. The number of carbonyl (C=O) groups excluding carboxylic acids is 2. The largest absolute Gasteiger partial charge is 0.353 e. The van der Waals surface area contributed by atoms with Crippen LogP contribution < -0.4 is 0 Å². The molecule has 4 aromatic rings. The predicted molar refractivity (Wildman–Crippen MR) is 144 cm³/mol. The van der Waals surface area contributed by atoms with Gasteiger partial charge in [0.25, 0.3) is 5.91 Å². The van der Waals surface area contributed by atoms with Gasteiger partial charge in [0.1, 0.15) is 6.54 Å². The molecule has 0 bridgehead atoms. The average molecular weight is 480 g/mol. The monoisotopic (exact) mass is 479 g/mol. The first-order chi connectivity index (χ1) is 17.4. The zero-order valence-electron chi connectivity index (χ0n) is 21.2. The minimum atomic E-state index is -0.142. The Morgan fingerprint density at radius 3 is 1.94 bits per heavy atom. The molecule has 184 valence electrons. The predicted octanol–water partition coefficient (Wildman–Crippen LogP) is 5.77. The smallest absolute Gasteiger partial charge is 0.254 e. The Bertz CT molecular complexity index is 1280. The summed E-state index contributed by atoms with van der Waals surface area (Å²) in [4.78, 5) is 30.6. The third-order valence-electron chi connectivity index (χ3n) is 6.40. The number of hydrogen-bond donors (Lipinski definition) is 0. The van der Waals surface area contributed by atoms with Crippen molar-refractivity contribution >= 4 is 11.8 Å². The van der Waals surface area contributed by atoms with Gasteiger partial charge in [-0.15, -0.1) is 0 Å². The fourth-order valence-electron chi connectivity index (χ4n) is 4.23. The van der Waals surface area contributed by atoms with Gasteiger partial charge in [-0.1, -0.05) is 72.8 Å². The third-order valence-corrected chi connectivity index (χ3v) is 6.40. The van der Waals surface area contributed by atoms with Crippen LogP contribution in [0, 0.1) is 0 Å². The lowest BCUT2D eigenvalue weighted by atomic mass is 10.0. The Labute approximate surface area is 213 Å². The maximum atomic E-state index is 13.6. The Morgan fingerprint density at radius 1 is 0.750 bits per heavy atom. The van der Waals surface area contributed by atoms with Crippen LogP contribution in [0.3, 0.4) is 0 Å². The van der Waals surface area contributed by atoms with Crippen LogP contribution in [0.4, 0.5) is 0 Å². The van der Waals surface area contributed by atoms with Crippen LogP contribution in [-0.2, 0) is 24.9 Å². The summed E-state index contributed by atoms with van der Waals surface area (Å²) in [6, 6.07) is 31.5. The van der Waals surface area contributed by atoms with E-state index < -0.39 is 0 Å². The molecule has 5 heteroatoms. The molecule has 0 saturated heterocycles. The highest BCUT2D eigenvalue weighted by Gasteiger charge is 2.25. The molecule has 3 aromatic carbocycles. The van der Waals surface area contributed by atoms with Crippen LogP contribution in [0.25, 0.3) is 11.1 Å². The summed E-state index contributed by atoms with van der Waals surface area (Å²) in [6.07, 6.45) is 1.98. The van der Waals surface area contributed by atoms with Gasteiger partial charge in [-0.3, -0.25) is 9.59 Å². The average Bonchev–Trinajstić information content (AvgIpc) is 3.31. The Morgan fingerprint density at radius 2 is 1.36 bits per heavy atom. The SMILES string of the molecule is CC(C)N(CC(=O)N(Cc1ccccc1)Cc1cccn1C)C(=O)c1ccc(-c2ccccc2)cc1. The molecule has 0 fully saturated rings. The summed E-state index contributed by atoms with van der Waals surface area (Å²) >= 11 is 0. The zero-order chi connectivity index (χ0) is 25.5. The van der Waals surface area contributed by atoms with E-state index in [0.717, 1.165) is 22.4 Å². The van der Waals surface area contributed by atoms with Gasteiger partial charge < -0.3 is 14.4 Å². The minimum absolute atomic E-state index is 0.0220. The molecule has 0 spiro atoms. The van der Waals surface area contributed by atoms with E-state index in [2.05, 4.69) is 0 Å². The van der Waals surface area contributed by atoms with E-state index in [1.54, 1.807) is 4.90 Å². The van der Waals surface area contributed by atoms with E-state index in [1.165, 1.54) is 0 Å². The topological polar surface area (TPSA) is 45.6 Å². The van der Waals surface area contributed by atoms with E-state index in [1.807, 2.05) is 134 Å². The summed E-state index contributed by atoms with van der Waals surface area (Å²) in [6.45, 7) is 4.87. The molecule has 1 heterocycles. The minimum Gasteiger partial charge on any atom is -0.353 e. The highest BCUT2D eigenvalue weighted by Crippen LogP contribution is 2.21. The molecule has 0 aliphatic rings. The summed E-state index contributed by atoms with van der Waals surface area (Å²) < 4.78 is 2.02. The molecular formula is C31H33N3O2. The van der Waals surface area contributed by atoms with Crippen molar-refractivity contribution in [2.24, 2.45) is 7.05 Å². The normalized spacial score (nSPS) is 10.9. The van der Waals surface area contributed by atoms with Crippen LogP contribution >= 0.6 is 0 Å². The highest BCUT2D eigenvalue weighted by atomic mass is 16.2. The first kappa shape index (κ1) is 25.0. The van der Waals surface area contributed by atoms with Gasteiger partial charge in [0.15, 0.2) is 0 Å². The molecule has 0 aliphatic heterocycles. The molecule has 5 nitrogen and oxygen atoms in total. The van der Waals surface area contributed by atoms with Gasteiger partial charge in [-0.25, -0.2) is 0 Å². The summed E-state index contributed by atoms with van der Waals surface area (Å²) in [5.74, 6) is -0.223. The first-order valence-electron chi connectivity index (χ1n) is 12.3.